The molecule has 0 saturated heterocycles. The lowest BCUT2D eigenvalue weighted by atomic mass is 10.4. The van der Waals surface area contributed by atoms with Crippen LogP contribution in [-0.4, -0.2) is 37.4 Å². The molecule has 0 saturated carbocycles. The molecule has 0 amide bonds. The van der Waals surface area contributed by atoms with Gasteiger partial charge in [0, 0.05) is 13.5 Å². The van der Waals surface area contributed by atoms with E-state index in [-0.39, 0.29) is 12.6 Å². The highest BCUT2D eigenvalue weighted by Crippen LogP contribution is 1.88. The Labute approximate surface area is 60.2 Å². The zero-order chi connectivity index (χ0) is 7.98. The second kappa shape index (κ2) is 5.20. The molecule has 0 aromatic heterocycles. The SMILES string of the molecule is CNCC(CO)OC(C)=O. The predicted molar refractivity (Wildman–Crippen MR) is 36.6 cm³/mol. The van der Waals surface area contributed by atoms with Gasteiger partial charge in [-0.3, -0.25) is 4.79 Å². The maximum absolute atomic E-state index is 10.3. The van der Waals surface area contributed by atoms with Gasteiger partial charge in [-0.15, -0.1) is 0 Å². The zero-order valence-corrected chi connectivity index (χ0v) is 6.26. The minimum absolute atomic E-state index is 0.138. The highest BCUT2D eigenvalue weighted by molar-refractivity contribution is 5.66. The van der Waals surface area contributed by atoms with E-state index in [2.05, 4.69) is 10.1 Å². The van der Waals surface area contributed by atoms with Crippen molar-refractivity contribution in [3.05, 3.63) is 0 Å². The number of aliphatic hydroxyl groups is 1. The molecule has 0 fully saturated rings. The van der Waals surface area contributed by atoms with Crippen LogP contribution in [0.3, 0.4) is 0 Å². The molecule has 1 unspecified atom stereocenters. The van der Waals surface area contributed by atoms with Crippen molar-refractivity contribution in [2.75, 3.05) is 20.2 Å². The van der Waals surface area contributed by atoms with E-state index in [0.29, 0.717) is 6.54 Å². The summed E-state index contributed by atoms with van der Waals surface area (Å²) < 4.78 is 4.69. The van der Waals surface area contributed by atoms with Crippen LogP contribution in [0.1, 0.15) is 6.92 Å². The van der Waals surface area contributed by atoms with E-state index >= 15 is 0 Å². The molecule has 1 atom stereocenters. The molecule has 0 aliphatic carbocycles. The van der Waals surface area contributed by atoms with Gasteiger partial charge in [0.25, 0.3) is 0 Å². The summed E-state index contributed by atoms with van der Waals surface area (Å²) in [6.45, 7) is 1.66. The van der Waals surface area contributed by atoms with Crippen molar-refractivity contribution >= 4 is 5.97 Å². The van der Waals surface area contributed by atoms with E-state index < -0.39 is 6.10 Å². The van der Waals surface area contributed by atoms with E-state index in [1.54, 1.807) is 7.05 Å². The summed E-state index contributed by atoms with van der Waals surface area (Å²) in [6.07, 6.45) is -0.414. The standard InChI is InChI=1S/C6H13NO3/c1-5(9)10-6(4-8)3-7-2/h6-8H,3-4H2,1-2H3. The summed E-state index contributed by atoms with van der Waals surface area (Å²) in [5.74, 6) is -0.366. The normalized spacial score (nSPS) is 12.7. The molecule has 0 rings (SSSR count). The molecular weight excluding hydrogens is 134 g/mol. The van der Waals surface area contributed by atoms with Gasteiger partial charge in [-0.25, -0.2) is 0 Å². The van der Waals surface area contributed by atoms with Gasteiger partial charge in [0.1, 0.15) is 6.10 Å². The van der Waals surface area contributed by atoms with Gasteiger partial charge in [0.2, 0.25) is 0 Å². The van der Waals surface area contributed by atoms with Crippen LogP contribution in [-0.2, 0) is 9.53 Å². The quantitative estimate of drug-likeness (QED) is 0.507. The molecule has 0 aromatic carbocycles. The highest BCUT2D eigenvalue weighted by Gasteiger charge is 2.07. The van der Waals surface area contributed by atoms with Gasteiger partial charge in [0.05, 0.1) is 6.61 Å². The Morgan fingerprint density at radius 2 is 2.40 bits per heavy atom. The van der Waals surface area contributed by atoms with E-state index in [1.165, 1.54) is 6.92 Å². The molecule has 0 aliphatic rings. The molecule has 60 valence electrons. The van der Waals surface area contributed by atoms with Crippen LogP contribution in [0.2, 0.25) is 0 Å². The minimum atomic E-state index is -0.414. The van der Waals surface area contributed by atoms with Crippen LogP contribution >= 0.6 is 0 Å². The largest absolute Gasteiger partial charge is 0.459 e. The minimum Gasteiger partial charge on any atom is -0.459 e. The first-order chi connectivity index (χ1) is 4.70. The Bertz CT molecular complexity index is 105. The summed E-state index contributed by atoms with van der Waals surface area (Å²) in [6, 6.07) is 0. The number of hydrogen-bond donors (Lipinski definition) is 2. The number of likely N-dealkylation sites (N-methyl/N-ethyl adjacent to an activating group) is 1. The number of hydrogen-bond acceptors (Lipinski definition) is 4. The highest BCUT2D eigenvalue weighted by atomic mass is 16.5. The third kappa shape index (κ3) is 4.29. The van der Waals surface area contributed by atoms with E-state index in [4.69, 9.17) is 5.11 Å². The average molecular weight is 147 g/mol. The van der Waals surface area contributed by atoms with Crippen molar-refractivity contribution in [2.45, 2.75) is 13.0 Å². The number of ether oxygens (including phenoxy) is 1. The van der Waals surface area contributed by atoms with Gasteiger partial charge in [-0.2, -0.15) is 0 Å². The van der Waals surface area contributed by atoms with Crippen LogP contribution in [0.5, 0.6) is 0 Å². The van der Waals surface area contributed by atoms with E-state index in [0.717, 1.165) is 0 Å². The molecule has 4 nitrogen and oxygen atoms in total. The number of rotatable bonds is 4. The van der Waals surface area contributed by atoms with Gasteiger partial charge in [0.15, 0.2) is 0 Å². The van der Waals surface area contributed by atoms with Crippen molar-refractivity contribution in [1.29, 1.82) is 0 Å². The summed E-state index contributed by atoms with van der Waals surface area (Å²) >= 11 is 0. The molecule has 0 aromatic rings. The van der Waals surface area contributed by atoms with Crippen LogP contribution < -0.4 is 5.32 Å². The number of nitrogens with one attached hydrogen (secondary N) is 1. The Hall–Kier alpha value is -0.610. The maximum Gasteiger partial charge on any atom is 0.303 e. The fourth-order valence-corrected chi connectivity index (χ4v) is 0.606. The fourth-order valence-electron chi connectivity index (χ4n) is 0.606. The van der Waals surface area contributed by atoms with Crippen LogP contribution in [0.25, 0.3) is 0 Å². The van der Waals surface area contributed by atoms with Gasteiger partial charge >= 0.3 is 5.97 Å². The molecule has 0 aliphatic heterocycles. The van der Waals surface area contributed by atoms with Crippen molar-refractivity contribution in [2.24, 2.45) is 0 Å². The monoisotopic (exact) mass is 147 g/mol. The van der Waals surface area contributed by atoms with Crippen molar-refractivity contribution in [1.82, 2.24) is 5.32 Å². The smallest absolute Gasteiger partial charge is 0.303 e. The Balaban J connectivity index is 3.49. The number of carbonyl (C=O) groups is 1. The lowest BCUT2D eigenvalue weighted by Gasteiger charge is -2.12. The van der Waals surface area contributed by atoms with Crippen molar-refractivity contribution in [3.63, 3.8) is 0 Å². The average Bonchev–Trinajstić information content (AvgIpc) is 1.86. The second-order valence-electron chi connectivity index (χ2n) is 1.97. The van der Waals surface area contributed by atoms with Gasteiger partial charge in [-0.1, -0.05) is 0 Å². The van der Waals surface area contributed by atoms with Crippen LogP contribution in [0.4, 0.5) is 0 Å². The number of esters is 1. The molecule has 10 heavy (non-hydrogen) atoms. The third-order valence-electron chi connectivity index (χ3n) is 0.968. The summed E-state index contributed by atoms with van der Waals surface area (Å²) in [4.78, 5) is 10.3. The number of aliphatic hydroxyl groups excluding tert-OH is 1. The maximum atomic E-state index is 10.3. The van der Waals surface area contributed by atoms with Gasteiger partial charge in [-0.05, 0) is 7.05 Å². The first-order valence-corrected chi connectivity index (χ1v) is 3.13. The van der Waals surface area contributed by atoms with Crippen molar-refractivity contribution < 1.29 is 14.6 Å². The van der Waals surface area contributed by atoms with Crippen LogP contribution in [0.15, 0.2) is 0 Å². The molecule has 0 heterocycles. The Morgan fingerprint density at radius 1 is 1.80 bits per heavy atom. The first kappa shape index (κ1) is 9.39. The summed E-state index contributed by atoms with van der Waals surface area (Å²) in [5, 5.41) is 11.4. The third-order valence-corrected chi connectivity index (χ3v) is 0.968. The summed E-state index contributed by atoms with van der Waals surface area (Å²) in [5.41, 5.74) is 0. The first-order valence-electron chi connectivity index (χ1n) is 3.13. The van der Waals surface area contributed by atoms with Crippen LogP contribution in [0, 0.1) is 0 Å². The molecule has 2 N–H and O–H groups in total. The lowest BCUT2D eigenvalue weighted by molar-refractivity contribution is -0.147. The predicted octanol–water partition coefficient (Wildman–Crippen LogP) is -0.870. The molecule has 4 heteroatoms. The van der Waals surface area contributed by atoms with Crippen molar-refractivity contribution in [3.8, 4) is 0 Å². The molecule has 0 radical (unpaired) electrons. The summed E-state index contributed by atoms with van der Waals surface area (Å²) in [7, 11) is 1.73. The van der Waals surface area contributed by atoms with Gasteiger partial charge < -0.3 is 15.2 Å². The number of carbonyl (C=O) groups excluding carboxylic acids is 1. The molecule has 0 bridgehead atoms. The zero-order valence-electron chi connectivity index (χ0n) is 6.26. The molecule has 0 spiro atoms. The molecular formula is C6H13NO3. The Morgan fingerprint density at radius 3 is 2.70 bits per heavy atom. The van der Waals surface area contributed by atoms with E-state index in [1.807, 2.05) is 0 Å². The Kier molecular flexibility index (Phi) is 4.88. The van der Waals surface area contributed by atoms with E-state index in [9.17, 15) is 4.79 Å². The fraction of sp³-hybridized carbons (Fsp3) is 0.833. The lowest BCUT2D eigenvalue weighted by Crippen LogP contribution is -2.31. The topological polar surface area (TPSA) is 58.6 Å². The second-order valence-corrected chi connectivity index (χ2v) is 1.97.